The molecule has 6 N–H and O–H groups in total. The van der Waals surface area contributed by atoms with Crippen LogP contribution in [0.2, 0.25) is 0 Å². The van der Waals surface area contributed by atoms with E-state index in [2.05, 4.69) is 26.3 Å². The van der Waals surface area contributed by atoms with Gasteiger partial charge in [0.15, 0.2) is 0 Å². The number of rotatable bonds is 7. The highest BCUT2D eigenvalue weighted by Crippen LogP contribution is 2.19. The van der Waals surface area contributed by atoms with Crippen molar-refractivity contribution in [3.63, 3.8) is 0 Å². The zero-order valence-electron chi connectivity index (χ0n) is 24.3. The number of benzene rings is 2. The molecule has 11 heteroatoms. The quantitative estimate of drug-likeness (QED) is 0.245. The van der Waals surface area contributed by atoms with Crippen molar-refractivity contribution in [3.05, 3.63) is 107 Å². The minimum absolute atomic E-state index is 0.0190. The summed E-state index contributed by atoms with van der Waals surface area (Å²) in [5.41, 5.74) is 1.66. The number of methoxy groups -OCH3 is 1. The molecule has 11 nitrogen and oxygen atoms in total. The van der Waals surface area contributed by atoms with E-state index in [0.29, 0.717) is 0 Å². The van der Waals surface area contributed by atoms with Crippen LogP contribution in [-0.2, 0) is 27.2 Å². The summed E-state index contributed by atoms with van der Waals surface area (Å²) in [6.07, 6.45) is 2.75. The normalized spacial score (nSPS) is 25.0. The van der Waals surface area contributed by atoms with Gasteiger partial charge in [0.1, 0.15) is 23.8 Å². The van der Waals surface area contributed by atoms with Crippen molar-refractivity contribution in [2.45, 2.75) is 57.1 Å². The van der Waals surface area contributed by atoms with Crippen molar-refractivity contribution >= 4 is 17.7 Å². The van der Waals surface area contributed by atoms with Crippen LogP contribution in [-0.4, -0.2) is 70.4 Å². The number of amides is 3. The van der Waals surface area contributed by atoms with Crippen molar-refractivity contribution < 1.29 is 29.3 Å². The molecular weight excluding hydrogens is 550 g/mol. The highest BCUT2D eigenvalue weighted by atomic mass is 16.5. The van der Waals surface area contributed by atoms with Gasteiger partial charge in [-0.2, -0.15) is 0 Å². The van der Waals surface area contributed by atoms with Gasteiger partial charge in [-0.05, 0) is 49.6 Å². The molecule has 0 spiro atoms. The molecule has 2 heterocycles. The molecule has 0 saturated carbocycles. The minimum Gasteiger partial charge on any atom is -0.510 e. The van der Waals surface area contributed by atoms with E-state index in [1.165, 1.54) is 26.2 Å². The third kappa shape index (κ3) is 7.97. The van der Waals surface area contributed by atoms with Gasteiger partial charge in [0.25, 0.3) is 11.8 Å². The molecular formula is C32H37N5O6. The van der Waals surface area contributed by atoms with E-state index in [0.717, 1.165) is 11.1 Å². The maximum atomic E-state index is 13.6. The van der Waals surface area contributed by atoms with Crippen LogP contribution in [0.1, 0.15) is 35.3 Å². The predicted octanol–water partition coefficient (Wildman–Crippen LogP) is 2.14. The Bertz CT molecular complexity index is 1450. The number of aliphatic hydroxyl groups excluding tert-OH is 1. The van der Waals surface area contributed by atoms with Gasteiger partial charge in [-0.3, -0.25) is 24.7 Å². The average Bonchev–Trinajstić information content (AvgIpc) is 3.01. The number of phenols is 1. The molecule has 0 radical (unpaired) electrons. The third-order valence-electron chi connectivity index (χ3n) is 7.42. The molecule has 5 atom stereocenters. The number of nitrogens with one attached hydrogen (secondary N) is 4. The molecule has 1 aromatic heterocycles. The highest BCUT2D eigenvalue weighted by Gasteiger charge is 2.36. The average molecular weight is 588 g/mol. The number of phenolic OH excluding ortho intramolecular Hbond substituents is 1. The zero-order chi connectivity index (χ0) is 30.9. The van der Waals surface area contributed by atoms with E-state index in [1.807, 2.05) is 36.4 Å². The number of ether oxygens (including phenoxy) is 1. The number of aromatic hydroxyl groups is 1. The van der Waals surface area contributed by atoms with Crippen LogP contribution >= 0.6 is 0 Å². The summed E-state index contributed by atoms with van der Waals surface area (Å²) >= 11 is 0. The van der Waals surface area contributed by atoms with Crippen LogP contribution in [0.3, 0.4) is 0 Å². The molecule has 3 amide bonds. The van der Waals surface area contributed by atoms with Crippen LogP contribution in [0.5, 0.6) is 5.75 Å². The Balaban J connectivity index is 1.75. The van der Waals surface area contributed by atoms with Crippen molar-refractivity contribution in [1.82, 2.24) is 26.3 Å². The SMILES string of the molecule is COC1N[C@@H](Cc2cccnc2)/C(O)=C(/C)C(=O)N[C@H](Cc2ccccc2)C(=O)N[C@H](C)[C@@H]1NC(=O)c1ccccc1O. The third-order valence-corrected chi connectivity index (χ3v) is 7.42. The first-order valence-corrected chi connectivity index (χ1v) is 14.0. The molecule has 0 bridgehead atoms. The lowest BCUT2D eigenvalue weighted by atomic mass is 9.98. The van der Waals surface area contributed by atoms with Gasteiger partial charge in [-0.25, -0.2) is 0 Å². The second kappa shape index (κ2) is 14.4. The molecule has 1 unspecified atom stereocenters. The van der Waals surface area contributed by atoms with Crippen LogP contribution in [0.15, 0.2) is 90.5 Å². The van der Waals surface area contributed by atoms with E-state index in [9.17, 15) is 24.6 Å². The van der Waals surface area contributed by atoms with Gasteiger partial charge in [-0.1, -0.05) is 48.5 Å². The lowest BCUT2D eigenvalue weighted by molar-refractivity contribution is -0.128. The Kier molecular flexibility index (Phi) is 10.5. The number of aliphatic hydroxyl groups is 1. The number of carbonyl (C=O) groups excluding carboxylic acids is 3. The number of hydrogen-bond acceptors (Lipinski definition) is 8. The number of aromatic nitrogens is 1. The number of carbonyl (C=O) groups is 3. The predicted molar refractivity (Wildman–Crippen MR) is 160 cm³/mol. The molecule has 0 fully saturated rings. The van der Waals surface area contributed by atoms with E-state index < -0.39 is 48.1 Å². The Morgan fingerprint density at radius 3 is 2.28 bits per heavy atom. The van der Waals surface area contributed by atoms with E-state index in [1.54, 1.807) is 37.5 Å². The van der Waals surface area contributed by atoms with Crippen LogP contribution in [0, 0.1) is 0 Å². The zero-order valence-corrected chi connectivity index (χ0v) is 24.3. The molecule has 4 rings (SSSR count). The summed E-state index contributed by atoms with van der Waals surface area (Å²) in [6, 6.07) is 15.5. The summed E-state index contributed by atoms with van der Waals surface area (Å²) in [5, 5.41) is 33.5. The fourth-order valence-electron chi connectivity index (χ4n) is 4.98. The van der Waals surface area contributed by atoms with Gasteiger partial charge in [0.05, 0.1) is 29.3 Å². The molecule has 0 aliphatic carbocycles. The number of pyridine rings is 1. The molecule has 1 aliphatic heterocycles. The van der Waals surface area contributed by atoms with Crippen molar-refractivity contribution in [2.24, 2.45) is 0 Å². The minimum atomic E-state index is -0.986. The first-order chi connectivity index (χ1) is 20.7. The first kappa shape index (κ1) is 31.2. The molecule has 226 valence electrons. The molecule has 3 aromatic rings. The number of nitrogens with zero attached hydrogens (tertiary/aromatic N) is 1. The highest BCUT2D eigenvalue weighted by molar-refractivity contribution is 5.98. The van der Waals surface area contributed by atoms with Crippen molar-refractivity contribution in [2.75, 3.05) is 7.11 Å². The topological polar surface area (TPSA) is 162 Å². The Morgan fingerprint density at radius 1 is 0.930 bits per heavy atom. The van der Waals surface area contributed by atoms with E-state index in [-0.39, 0.29) is 35.5 Å². The fourth-order valence-corrected chi connectivity index (χ4v) is 4.98. The maximum absolute atomic E-state index is 13.6. The summed E-state index contributed by atoms with van der Waals surface area (Å²) in [5.74, 6) is -2.13. The Labute approximate surface area is 250 Å². The summed E-state index contributed by atoms with van der Waals surface area (Å²) in [7, 11) is 1.43. The fraction of sp³-hybridized carbons (Fsp3) is 0.312. The van der Waals surface area contributed by atoms with E-state index in [4.69, 9.17) is 4.74 Å². The van der Waals surface area contributed by atoms with Crippen molar-refractivity contribution in [3.8, 4) is 5.75 Å². The first-order valence-electron chi connectivity index (χ1n) is 14.0. The number of para-hydroxylation sites is 1. The Morgan fingerprint density at radius 2 is 1.60 bits per heavy atom. The van der Waals surface area contributed by atoms with Gasteiger partial charge in [-0.15, -0.1) is 0 Å². The lowest BCUT2D eigenvalue weighted by Gasteiger charge is -2.36. The standard InChI is InChI=1S/C32H37N5O6/c1-19-28(39)24(17-22-12-9-15-33-18-22)36-32(43-3)27(37-30(41)23-13-7-8-14-26(23)38)20(2)34-31(42)25(35-29(19)40)16-21-10-5-4-6-11-21/h4-15,18,20,24-25,27,32,36,38-39H,16-17H2,1-3H3,(H,34,42)(H,35,40)(H,37,41)/b28-19+/t20-,24+,25-,27+,32?/m1/s1. The van der Waals surface area contributed by atoms with Crippen LogP contribution in [0.25, 0.3) is 0 Å². The molecule has 43 heavy (non-hydrogen) atoms. The second-order valence-corrected chi connectivity index (χ2v) is 10.5. The van der Waals surface area contributed by atoms with Gasteiger partial charge in [0, 0.05) is 25.9 Å². The van der Waals surface area contributed by atoms with E-state index >= 15 is 0 Å². The summed E-state index contributed by atoms with van der Waals surface area (Å²) < 4.78 is 5.79. The summed E-state index contributed by atoms with van der Waals surface area (Å²) in [6.45, 7) is 3.18. The second-order valence-electron chi connectivity index (χ2n) is 10.5. The lowest BCUT2D eigenvalue weighted by Crippen LogP contribution is -2.64. The van der Waals surface area contributed by atoms with Crippen LogP contribution < -0.4 is 21.3 Å². The number of hydrogen-bond donors (Lipinski definition) is 6. The monoisotopic (exact) mass is 587 g/mol. The largest absolute Gasteiger partial charge is 0.510 e. The molecule has 2 aromatic carbocycles. The Hall–Kier alpha value is -4.74. The van der Waals surface area contributed by atoms with Crippen LogP contribution in [0.4, 0.5) is 0 Å². The van der Waals surface area contributed by atoms with Gasteiger partial charge >= 0.3 is 0 Å². The van der Waals surface area contributed by atoms with Gasteiger partial charge in [0.2, 0.25) is 5.91 Å². The molecule has 0 saturated heterocycles. The van der Waals surface area contributed by atoms with Gasteiger partial charge < -0.3 is 30.9 Å². The van der Waals surface area contributed by atoms with Crippen molar-refractivity contribution in [1.29, 1.82) is 0 Å². The molecule has 1 aliphatic rings. The summed E-state index contributed by atoms with van der Waals surface area (Å²) in [4.78, 5) is 44.5. The smallest absolute Gasteiger partial charge is 0.255 e. The maximum Gasteiger partial charge on any atom is 0.255 e.